The van der Waals surface area contributed by atoms with Crippen molar-refractivity contribution in [2.75, 3.05) is 18.1 Å². The highest BCUT2D eigenvalue weighted by Gasteiger charge is 2.16. The molecular formula is C16H15N5S. The lowest BCUT2D eigenvalue weighted by atomic mass is 10.0. The van der Waals surface area contributed by atoms with Crippen molar-refractivity contribution in [3.05, 3.63) is 35.8 Å². The molecule has 0 spiro atoms. The van der Waals surface area contributed by atoms with Gasteiger partial charge in [0.25, 0.3) is 0 Å². The van der Waals surface area contributed by atoms with Gasteiger partial charge in [0.15, 0.2) is 0 Å². The number of nitrogens with two attached hydrogens (primary N) is 1. The van der Waals surface area contributed by atoms with E-state index in [1.165, 1.54) is 16.0 Å². The molecule has 0 saturated heterocycles. The minimum Gasteiger partial charge on any atom is -0.372 e. The van der Waals surface area contributed by atoms with E-state index < -0.39 is 0 Å². The predicted molar refractivity (Wildman–Crippen MR) is 93.3 cm³/mol. The van der Waals surface area contributed by atoms with Gasteiger partial charge in [0.1, 0.15) is 5.82 Å². The Balaban J connectivity index is 2.23. The average molecular weight is 309 g/mol. The summed E-state index contributed by atoms with van der Waals surface area (Å²) in [4.78, 5) is 9.98. The number of hydrogen-bond acceptors (Lipinski definition) is 5. The number of nitrogens with zero attached hydrogens (tertiary/aromatic N) is 3. The van der Waals surface area contributed by atoms with Crippen molar-refractivity contribution in [2.45, 2.75) is 0 Å². The van der Waals surface area contributed by atoms with Crippen LogP contribution in [-0.2, 0) is 7.05 Å². The number of anilines is 2. The van der Waals surface area contributed by atoms with Gasteiger partial charge in [-0.15, -0.1) is 11.3 Å². The fraction of sp³-hybridized carbons (Fsp3) is 0.125. The zero-order valence-electron chi connectivity index (χ0n) is 12.3. The normalized spacial score (nSPS) is 11.4. The number of fused-ring (bicyclic) bond motifs is 3. The summed E-state index contributed by atoms with van der Waals surface area (Å²) in [6.45, 7) is 0. The third-order valence-corrected chi connectivity index (χ3v) is 4.76. The van der Waals surface area contributed by atoms with Gasteiger partial charge in [-0.2, -0.15) is 4.98 Å². The van der Waals surface area contributed by atoms with Crippen LogP contribution >= 0.6 is 11.3 Å². The molecule has 0 bridgehead atoms. The molecule has 0 aliphatic carbocycles. The number of rotatable bonds is 2. The van der Waals surface area contributed by atoms with Crippen LogP contribution in [0.25, 0.3) is 32.2 Å². The van der Waals surface area contributed by atoms with E-state index in [-0.39, 0.29) is 5.95 Å². The van der Waals surface area contributed by atoms with E-state index in [0.29, 0.717) is 0 Å². The summed E-state index contributed by atoms with van der Waals surface area (Å²) in [5.41, 5.74) is 9.07. The lowest BCUT2D eigenvalue weighted by Gasteiger charge is -2.11. The summed E-state index contributed by atoms with van der Waals surface area (Å²) in [6.07, 6.45) is 2.07. The van der Waals surface area contributed by atoms with Gasteiger partial charge in [0, 0.05) is 36.1 Å². The minimum absolute atomic E-state index is 0.282. The molecule has 0 aliphatic rings. The quantitative estimate of drug-likeness (QED) is 0.595. The Morgan fingerprint density at radius 1 is 1.27 bits per heavy atom. The first-order valence-corrected chi connectivity index (χ1v) is 7.84. The van der Waals surface area contributed by atoms with Crippen LogP contribution in [0.4, 0.5) is 11.8 Å². The standard InChI is InChI=1S/C16H15N5S/c1-18-15-13-9-5-6-21(2)14(9)10(12-4-3-7-22-12)8-11(13)19-16(17)20-15/h3-8H,1-2H3,(H3,17,18,19,20). The molecule has 0 saturated carbocycles. The van der Waals surface area contributed by atoms with Gasteiger partial charge in [-0.3, -0.25) is 0 Å². The molecule has 3 heterocycles. The van der Waals surface area contributed by atoms with Gasteiger partial charge in [-0.1, -0.05) is 6.07 Å². The van der Waals surface area contributed by atoms with E-state index in [4.69, 9.17) is 5.73 Å². The maximum absolute atomic E-state index is 5.85. The summed E-state index contributed by atoms with van der Waals surface area (Å²) in [5, 5.41) is 7.35. The van der Waals surface area contributed by atoms with Gasteiger partial charge >= 0.3 is 0 Å². The number of nitrogen functional groups attached to an aromatic ring is 1. The van der Waals surface area contributed by atoms with Gasteiger partial charge in [-0.05, 0) is 23.6 Å². The molecule has 4 aromatic rings. The average Bonchev–Trinajstić information content (AvgIpc) is 3.15. The number of aromatic nitrogens is 3. The van der Waals surface area contributed by atoms with E-state index >= 15 is 0 Å². The number of benzene rings is 1. The first-order valence-electron chi connectivity index (χ1n) is 6.96. The molecule has 5 nitrogen and oxygen atoms in total. The first-order chi connectivity index (χ1) is 10.7. The topological polar surface area (TPSA) is 68.8 Å². The smallest absolute Gasteiger partial charge is 0.222 e. The molecular weight excluding hydrogens is 294 g/mol. The molecule has 6 heteroatoms. The summed E-state index contributed by atoms with van der Waals surface area (Å²) in [6, 6.07) is 8.39. The zero-order valence-corrected chi connectivity index (χ0v) is 13.1. The highest BCUT2D eigenvalue weighted by Crippen LogP contribution is 2.38. The van der Waals surface area contributed by atoms with Crippen molar-refractivity contribution in [1.29, 1.82) is 0 Å². The lowest BCUT2D eigenvalue weighted by molar-refractivity contribution is 0.970. The van der Waals surface area contributed by atoms with Crippen LogP contribution in [0.1, 0.15) is 0 Å². The van der Waals surface area contributed by atoms with Gasteiger partial charge < -0.3 is 15.6 Å². The number of nitrogens with one attached hydrogen (secondary N) is 1. The van der Waals surface area contributed by atoms with Crippen LogP contribution in [-0.4, -0.2) is 21.6 Å². The Labute approximate surface area is 131 Å². The molecule has 110 valence electrons. The van der Waals surface area contributed by atoms with E-state index in [1.807, 2.05) is 7.05 Å². The molecule has 4 rings (SSSR count). The fourth-order valence-corrected chi connectivity index (χ4v) is 3.68. The largest absolute Gasteiger partial charge is 0.372 e. The molecule has 3 N–H and O–H groups in total. The Kier molecular flexibility index (Phi) is 2.80. The first kappa shape index (κ1) is 13.1. The third kappa shape index (κ3) is 1.77. The predicted octanol–water partition coefficient (Wildman–Crippen LogP) is 3.47. The van der Waals surface area contributed by atoms with E-state index in [9.17, 15) is 0 Å². The SMILES string of the molecule is CNc1nc(N)nc2cc(-c3cccs3)c3c(ccn3C)c12. The Hall–Kier alpha value is -2.60. The molecule has 1 aromatic carbocycles. The van der Waals surface area contributed by atoms with Crippen LogP contribution in [0, 0.1) is 0 Å². The Bertz CT molecular complexity index is 985. The van der Waals surface area contributed by atoms with Crippen LogP contribution < -0.4 is 11.1 Å². The summed E-state index contributed by atoms with van der Waals surface area (Å²) >= 11 is 1.72. The summed E-state index contributed by atoms with van der Waals surface area (Å²) in [7, 11) is 3.91. The van der Waals surface area contributed by atoms with Gasteiger partial charge in [-0.25, -0.2) is 4.98 Å². The van der Waals surface area contributed by atoms with Crippen LogP contribution in [0.5, 0.6) is 0 Å². The maximum atomic E-state index is 5.85. The second-order valence-electron chi connectivity index (χ2n) is 5.16. The molecule has 22 heavy (non-hydrogen) atoms. The molecule has 0 aliphatic heterocycles. The zero-order chi connectivity index (χ0) is 15.3. The second-order valence-corrected chi connectivity index (χ2v) is 6.11. The van der Waals surface area contributed by atoms with Crippen molar-refractivity contribution >= 4 is 44.9 Å². The van der Waals surface area contributed by atoms with Crippen molar-refractivity contribution in [2.24, 2.45) is 7.05 Å². The van der Waals surface area contributed by atoms with Crippen molar-refractivity contribution in [1.82, 2.24) is 14.5 Å². The molecule has 0 fully saturated rings. The van der Waals surface area contributed by atoms with E-state index in [2.05, 4.69) is 62.7 Å². The second kappa shape index (κ2) is 4.71. The monoisotopic (exact) mass is 309 g/mol. The molecule has 0 atom stereocenters. The maximum Gasteiger partial charge on any atom is 0.222 e. The number of aryl methyl sites for hydroxylation is 1. The van der Waals surface area contributed by atoms with Crippen molar-refractivity contribution < 1.29 is 0 Å². The van der Waals surface area contributed by atoms with Crippen LogP contribution in [0.15, 0.2) is 35.8 Å². The van der Waals surface area contributed by atoms with Crippen molar-refractivity contribution in [3.8, 4) is 10.4 Å². The molecule has 0 radical (unpaired) electrons. The van der Waals surface area contributed by atoms with Crippen molar-refractivity contribution in [3.63, 3.8) is 0 Å². The summed E-state index contributed by atoms with van der Waals surface area (Å²) < 4.78 is 2.14. The Morgan fingerprint density at radius 2 is 2.14 bits per heavy atom. The Morgan fingerprint density at radius 3 is 2.86 bits per heavy atom. The third-order valence-electron chi connectivity index (χ3n) is 3.86. The van der Waals surface area contributed by atoms with E-state index in [1.54, 1.807) is 11.3 Å². The van der Waals surface area contributed by atoms with E-state index in [0.717, 1.165) is 22.1 Å². The fourth-order valence-electron chi connectivity index (χ4n) is 2.94. The minimum atomic E-state index is 0.282. The number of hydrogen-bond donors (Lipinski definition) is 2. The lowest BCUT2D eigenvalue weighted by Crippen LogP contribution is -2.02. The highest BCUT2D eigenvalue weighted by molar-refractivity contribution is 7.13. The molecule has 3 aromatic heterocycles. The van der Waals surface area contributed by atoms with Crippen LogP contribution in [0.3, 0.4) is 0 Å². The molecule has 0 unspecified atom stereocenters. The highest BCUT2D eigenvalue weighted by atomic mass is 32.1. The van der Waals surface area contributed by atoms with Gasteiger partial charge in [0.05, 0.1) is 16.4 Å². The number of thiophene rings is 1. The molecule has 0 amide bonds. The van der Waals surface area contributed by atoms with Gasteiger partial charge in [0.2, 0.25) is 5.95 Å². The van der Waals surface area contributed by atoms with Crippen LogP contribution in [0.2, 0.25) is 0 Å². The summed E-state index contributed by atoms with van der Waals surface area (Å²) in [5.74, 6) is 1.04.